The van der Waals surface area contributed by atoms with Crippen LogP contribution in [0.2, 0.25) is 0 Å². The summed E-state index contributed by atoms with van der Waals surface area (Å²) in [6, 6.07) is 5.61. The Balaban J connectivity index is 1.66. The Labute approximate surface area is 122 Å². The lowest BCUT2D eigenvalue weighted by molar-refractivity contribution is 0.0795. The number of amides is 1. The zero-order chi connectivity index (χ0) is 14.8. The lowest BCUT2D eigenvalue weighted by Crippen LogP contribution is -2.29. The Hall–Kier alpha value is -2.37. The van der Waals surface area contributed by atoms with Crippen molar-refractivity contribution in [1.29, 1.82) is 0 Å². The first-order chi connectivity index (χ1) is 10.1. The third-order valence-corrected chi connectivity index (χ3v) is 3.57. The van der Waals surface area contributed by atoms with Gasteiger partial charge in [0.05, 0.1) is 0 Å². The standard InChI is InChI=1S/C15H17N3O3/c1-10-7-12-8-11(3-4-13(12)21-10)15(19)18(2)6-5-14-16-9-20-17-14/h3-4,8-10H,5-7H2,1-2H3/t10-/m0/s1. The summed E-state index contributed by atoms with van der Waals surface area (Å²) in [5, 5.41) is 3.74. The molecule has 0 aliphatic carbocycles. The molecular weight excluding hydrogens is 270 g/mol. The quantitative estimate of drug-likeness (QED) is 0.856. The van der Waals surface area contributed by atoms with Crippen LogP contribution < -0.4 is 4.74 Å². The highest BCUT2D eigenvalue weighted by molar-refractivity contribution is 5.94. The molecule has 1 aromatic heterocycles. The maximum atomic E-state index is 12.4. The van der Waals surface area contributed by atoms with Crippen LogP contribution >= 0.6 is 0 Å². The molecule has 1 aliphatic rings. The van der Waals surface area contributed by atoms with Gasteiger partial charge in [0.1, 0.15) is 11.9 Å². The summed E-state index contributed by atoms with van der Waals surface area (Å²) in [6.07, 6.45) is 2.90. The Morgan fingerprint density at radius 2 is 2.33 bits per heavy atom. The van der Waals surface area contributed by atoms with E-state index in [0.717, 1.165) is 17.7 Å². The molecule has 110 valence electrons. The fraction of sp³-hybridized carbons (Fsp3) is 0.400. The zero-order valence-corrected chi connectivity index (χ0v) is 12.1. The first-order valence-corrected chi connectivity index (χ1v) is 6.94. The SMILES string of the molecule is C[C@H]1Cc2cc(C(=O)N(C)CCc3ncon3)ccc2O1. The molecule has 1 atom stereocenters. The Kier molecular flexibility index (Phi) is 3.60. The van der Waals surface area contributed by atoms with Crippen molar-refractivity contribution in [3.63, 3.8) is 0 Å². The van der Waals surface area contributed by atoms with E-state index < -0.39 is 0 Å². The number of fused-ring (bicyclic) bond motifs is 1. The highest BCUT2D eigenvalue weighted by atomic mass is 16.5. The molecule has 6 heteroatoms. The molecule has 21 heavy (non-hydrogen) atoms. The fourth-order valence-corrected chi connectivity index (χ4v) is 2.45. The largest absolute Gasteiger partial charge is 0.490 e. The molecule has 1 aliphatic heterocycles. The molecule has 0 unspecified atom stereocenters. The van der Waals surface area contributed by atoms with Crippen molar-refractivity contribution in [1.82, 2.24) is 15.0 Å². The fourth-order valence-electron chi connectivity index (χ4n) is 2.45. The molecule has 0 saturated heterocycles. The number of hydrogen-bond acceptors (Lipinski definition) is 5. The number of aromatic nitrogens is 2. The molecule has 0 radical (unpaired) electrons. The van der Waals surface area contributed by atoms with Crippen molar-refractivity contribution in [2.24, 2.45) is 0 Å². The van der Waals surface area contributed by atoms with E-state index in [-0.39, 0.29) is 12.0 Å². The third kappa shape index (κ3) is 2.89. The van der Waals surface area contributed by atoms with Gasteiger partial charge in [0.2, 0.25) is 6.39 Å². The van der Waals surface area contributed by atoms with Gasteiger partial charge in [-0.05, 0) is 30.7 Å². The highest BCUT2D eigenvalue weighted by Crippen LogP contribution is 2.29. The van der Waals surface area contributed by atoms with E-state index in [2.05, 4.69) is 14.7 Å². The van der Waals surface area contributed by atoms with Crippen LogP contribution in [0.15, 0.2) is 29.1 Å². The second-order valence-electron chi connectivity index (χ2n) is 5.28. The van der Waals surface area contributed by atoms with E-state index >= 15 is 0 Å². The van der Waals surface area contributed by atoms with E-state index in [4.69, 9.17) is 4.74 Å². The van der Waals surface area contributed by atoms with Gasteiger partial charge in [-0.25, -0.2) is 0 Å². The summed E-state index contributed by atoms with van der Waals surface area (Å²) < 4.78 is 10.3. The highest BCUT2D eigenvalue weighted by Gasteiger charge is 2.21. The molecule has 0 N–H and O–H groups in total. The van der Waals surface area contributed by atoms with Gasteiger partial charge in [-0.1, -0.05) is 5.16 Å². The molecule has 1 amide bonds. The number of nitrogens with zero attached hydrogens (tertiary/aromatic N) is 3. The number of benzene rings is 1. The van der Waals surface area contributed by atoms with Crippen molar-refractivity contribution in [3.05, 3.63) is 41.5 Å². The number of carbonyl (C=O) groups excluding carboxylic acids is 1. The van der Waals surface area contributed by atoms with E-state index in [1.807, 2.05) is 25.1 Å². The number of hydrogen-bond donors (Lipinski definition) is 0. The minimum absolute atomic E-state index is 0.0131. The Morgan fingerprint density at radius 3 is 3.10 bits per heavy atom. The third-order valence-electron chi connectivity index (χ3n) is 3.57. The van der Waals surface area contributed by atoms with Gasteiger partial charge in [-0.2, -0.15) is 4.98 Å². The van der Waals surface area contributed by atoms with Crippen LogP contribution in [0.3, 0.4) is 0 Å². The number of likely N-dealkylation sites (N-methyl/N-ethyl adjacent to an activating group) is 1. The zero-order valence-electron chi connectivity index (χ0n) is 12.1. The first kappa shape index (κ1) is 13.6. The van der Waals surface area contributed by atoms with Crippen molar-refractivity contribution in [2.75, 3.05) is 13.6 Å². The van der Waals surface area contributed by atoms with Crippen LogP contribution in [0.25, 0.3) is 0 Å². The molecule has 0 spiro atoms. The van der Waals surface area contributed by atoms with Crippen LogP contribution in [0.1, 0.15) is 28.7 Å². The second-order valence-corrected chi connectivity index (χ2v) is 5.28. The molecule has 3 rings (SSSR count). The monoisotopic (exact) mass is 287 g/mol. The molecule has 6 nitrogen and oxygen atoms in total. The second kappa shape index (κ2) is 5.55. The summed E-state index contributed by atoms with van der Waals surface area (Å²) in [5.74, 6) is 1.47. The van der Waals surface area contributed by atoms with E-state index in [1.165, 1.54) is 6.39 Å². The maximum Gasteiger partial charge on any atom is 0.253 e. The minimum Gasteiger partial charge on any atom is -0.490 e. The van der Waals surface area contributed by atoms with Gasteiger partial charge in [-0.3, -0.25) is 4.79 Å². The smallest absolute Gasteiger partial charge is 0.253 e. The molecule has 2 heterocycles. The van der Waals surface area contributed by atoms with E-state index in [1.54, 1.807) is 11.9 Å². The number of carbonyl (C=O) groups is 1. The lowest BCUT2D eigenvalue weighted by atomic mass is 10.1. The van der Waals surface area contributed by atoms with Gasteiger partial charge in [0.15, 0.2) is 5.82 Å². The van der Waals surface area contributed by atoms with Gasteiger partial charge in [-0.15, -0.1) is 0 Å². The lowest BCUT2D eigenvalue weighted by Gasteiger charge is -2.16. The van der Waals surface area contributed by atoms with E-state index in [0.29, 0.717) is 24.4 Å². The van der Waals surface area contributed by atoms with Gasteiger partial charge >= 0.3 is 0 Å². The topological polar surface area (TPSA) is 68.5 Å². The summed E-state index contributed by atoms with van der Waals surface area (Å²) in [7, 11) is 1.77. The van der Waals surface area contributed by atoms with Crippen LogP contribution in [-0.4, -0.2) is 40.6 Å². The summed E-state index contributed by atoms with van der Waals surface area (Å²) in [5.41, 5.74) is 1.78. The number of ether oxygens (including phenoxy) is 1. The summed E-state index contributed by atoms with van der Waals surface area (Å²) >= 11 is 0. The molecule has 0 fully saturated rings. The van der Waals surface area contributed by atoms with Crippen LogP contribution in [0.5, 0.6) is 5.75 Å². The predicted octanol–water partition coefficient (Wildman–Crippen LogP) is 1.71. The summed E-state index contributed by atoms with van der Waals surface area (Å²) in [4.78, 5) is 18.0. The van der Waals surface area contributed by atoms with Crippen molar-refractivity contribution >= 4 is 5.91 Å². The minimum atomic E-state index is -0.0131. The van der Waals surface area contributed by atoms with Gasteiger partial charge < -0.3 is 14.2 Å². The Morgan fingerprint density at radius 1 is 1.48 bits per heavy atom. The predicted molar refractivity (Wildman–Crippen MR) is 75.2 cm³/mol. The average molecular weight is 287 g/mol. The Bertz CT molecular complexity index is 640. The van der Waals surface area contributed by atoms with E-state index in [9.17, 15) is 4.79 Å². The number of rotatable bonds is 4. The van der Waals surface area contributed by atoms with Crippen LogP contribution in [0.4, 0.5) is 0 Å². The molecule has 1 aromatic carbocycles. The summed E-state index contributed by atoms with van der Waals surface area (Å²) in [6.45, 7) is 2.57. The average Bonchev–Trinajstić information content (AvgIpc) is 3.10. The molecule has 0 saturated carbocycles. The normalized spacial score (nSPS) is 16.4. The van der Waals surface area contributed by atoms with Gasteiger partial charge in [0.25, 0.3) is 5.91 Å². The van der Waals surface area contributed by atoms with Gasteiger partial charge in [0, 0.05) is 32.0 Å². The van der Waals surface area contributed by atoms with Crippen molar-refractivity contribution in [2.45, 2.75) is 25.9 Å². The maximum absolute atomic E-state index is 12.4. The van der Waals surface area contributed by atoms with Crippen molar-refractivity contribution in [3.8, 4) is 5.75 Å². The molecular formula is C15H17N3O3. The molecule has 2 aromatic rings. The molecule has 0 bridgehead atoms. The first-order valence-electron chi connectivity index (χ1n) is 6.94. The van der Waals surface area contributed by atoms with Crippen LogP contribution in [-0.2, 0) is 12.8 Å². The van der Waals surface area contributed by atoms with Crippen LogP contribution in [0, 0.1) is 0 Å². The van der Waals surface area contributed by atoms with Crippen molar-refractivity contribution < 1.29 is 14.1 Å².